The smallest absolute Gasteiger partial charge is 0.169 e. The quantitative estimate of drug-likeness (QED) is 0.258. The van der Waals surface area contributed by atoms with Crippen LogP contribution < -0.4 is 43.4 Å². The predicted molar refractivity (Wildman–Crippen MR) is 122 cm³/mol. The van der Waals surface area contributed by atoms with Gasteiger partial charge in [-0.1, -0.05) is 38.1 Å². The molecular formula is C25H39Br2N3. The van der Waals surface area contributed by atoms with Crippen LogP contribution in [-0.2, 0) is 6.54 Å². The van der Waals surface area contributed by atoms with Gasteiger partial charge in [-0.2, -0.15) is 0 Å². The molecule has 2 rings (SSSR count). The lowest BCUT2D eigenvalue weighted by Crippen LogP contribution is -3.00. The molecule has 2 aromatic rings. The van der Waals surface area contributed by atoms with Crippen LogP contribution in [0.5, 0.6) is 0 Å². The highest BCUT2D eigenvalue weighted by molar-refractivity contribution is 5.70. The first kappa shape index (κ1) is 28.8. The third-order valence-corrected chi connectivity index (χ3v) is 4.88. The van der Waals surface area contributed by atoms with Crippen molar-refractivity contribution in [1.29, 1.82) is 0 Å². The van der Waals surface area contributed by atoms with Gasteiger partial charge in [-0.15, -0.1) is 0 Å². The first-order chi connectivity index (χ1) is 13.4. The Morgan fingerprint density at radius 3 is 1.77 bits per heavy atom. The topological polar surface area (TPSA) is 7.12 Å². The van der Waals surface area contributed by atoms with Crippen LogP contribution in [0.15, 0.2) is 48.8 Å². The van der Waals surface area contributed by atoms with Crippen LogP contribution in [0.25, 0.3) is 12.2 Å². The van der Waals surface area contributed by atoms with Crippen molar-refractivity contribution in [3.8, 4) is 0 Å². The number of benzene rings is 1. The van der Waals surface area contributed by atoms with E-state index in [4.69, 9.17) is 0 Å². The van der Waals surface area contributed by atoms with Crippen molar-refractivity contribution in [2.45, 2.75) is 39.7 Å². The molecule has 3 nitrogen and oxygen atoms in total. The lowest BCUT2D eigenvalue weighted by Gasteiger charge is -2.23. The van der Waals surface area contributed by atoms with Gasteiger partial charge < -0.3 is 43.3 Å². The molecule has 0 aliphatic carbocycles. The Morgan fingerprint density at radius 2 is 1.30 bits per heavy atom. The highest BCUT2D eigenvalue weighted by Gasteiger charge is 2.08. The number of pyridine rings is 1. The lowest BCUT2D eigenvalue weighted by atomic mass is 10.1. The van der Waals surface area contributed by atoms with Gasteiger partial charge in [0.15, 0.2) is 18.9 Å². The van der Waals surface area contributed by atoms with Crippen molar-refractivity contribution >= 4 is 17.8 Å². The normalized spacial score (nSPS) is 11.1. The number of halogens is 2. The van der Waals surface area contributed by atoms with Gasteiger partial charge in [-0.3, -0.25) is 0 Å². The number of rotatable bonds is 11. The molecule has 0 spiro atoms. The summed E-state index contributed by atoms with van der Waals surface area (Å²) < 4.78 is 3.30. The maximum Gasteiger partial charge on any atom is 0.169 e. The van der Waals surface area contributed by atoms with E-state index in [1.54, 1.807) is 0 Å². The van der Waals surface area contributed by atoms with Crippen molar-refractivity contribution in [1.82, 2.24) is 0 Å². The van der Waals surface area contributed by atoms with Crippen molar-refractivity contribution in [3.05, 3.63) is 59.9 Å². The number of hydrogen-bond donors (Lipinski definition) is 0. The fourth-order valence-electron chi connectivity index (χ4n) is 3.36. The Labute approximate surface area is 205 Å². The molecule has 0 amide bonds. The molecule has 0 aliphatic heterocycles. The summed E-state index contributed by atoms with van der Waals surface area (Å²) in [6.45, 7) is 9.01. The summed E-state index contributed by atoms with van der Waals surface area (Å²) in [5.74, 6) is 0. The van der Waals surface area contributed by atoms with Gasteiger partial charge in [-0.25, -0.2) is 4.57 Å². The Hall–Kier alpha value is -1.17. The summed E-state index contributed by atoms with van der Waals surface area (Å²) in [6, 6.07) is 13.3. The third kappa shape index (κ3) is 10.7. The Balaban J connectivity index is 0.00000420. The molecule has 0 unspecified atom stereocenters. The van der Waals surface area contributed by atoms with E-state index in [1.165, 1.54) is 42.6 Å². The molecule has 5 heteroatoms. The van der Waals surface area contributed by atoms with E-state index in [9.17, 15) is 0 Å². The highest BCUT2D eigenvalue weighted by Crippen LogP contribution is 2.17. The molecule has 30 heavy (non-hydrogen) atoms. The minimum absolute atomic E-state index is 0. The van der Waals surface area contributed by atoms with Crippen molar-refractivity contribution in [2.75, 3.05) is 45.7 Å². The van der Waals surface area contributed by atoms with Gasteiger partial charge in [0.2, 0.25) is 0 Å². The Kier molecular flexibility index (Phi) is 14.2. The molecular weight excluding hydrogens is 502 g/mol. The summed E-state index contributed by atoms with van der Waals surface area (Å²) in [4.78, 5) is 2.47. The van der Waals surface area contributed by atoms with E-state index in [0.29, 0.717) is 0 Å². The zero-order chi connectivity index (χ0) is 20.4. The minimum atomic E-state index is 0. The average molecular weight is 541 g/mol. The number of anilines is 1. The number of quaternary nitrogens is 1. The summed E-state index contributed by atoms with van der Waals surface area (Å²) in [6.07, 6.45) is 12.3. The fourth-order valence-corrected chi connectivity index (χ4v) is 3.36. The van der Waals surface area contributed by atoms with Gasteiger partial charge in [-0.05, 0) is 36.1 Å². The number of hydrogen-bond acceptors (Lipinski definition) is 1. The zero-order valence-corrected chi connectivity index (χ0v) is 22.5. The maximum absolute atomic E-state index is 2.47. The minimum Gasteiger partial charge on any atom is -1.00 e. The largest absolute Gasteiger partial charge is 1.00 e. The van der Waals surface area contributed by atoms with Crippen molar-refractivity contribution in [2.24, 2.45) is 0 Å². The zero-order valence-electron chi connectivity index (χ0n) is 19.3. The number of aromatic nitrogens is 1. The summed E-state index contributed by atoms with van der Waals surface area (Å²) in [5, 5.41) is 0. The molecule has 0 atom stereocenters. The molecule has 0 saturated heterocycles. The first-order valence-electron chi connectivity index (χ1n) is 10.7. The summed E-state index contributed by atoms with van der Waals surface area (Å²) in [5.41, 5.74) is 3.82. The fraction of sp³-hybridized carbons (Fsp3) is 0.480. The molecule has 1 heterocycles. The standard InChI is InChI=1S/C25H39N3.2BrH/c1-6-17-27(18-7-2)25-13-11-23(12-14-25)9-10-24-15-20-26(21-16-24)19-8-22-28(3,4)5;;/h9-16,20-21H,6-8,17-19,22H2,1-5H3;2*1H/q+2;;/p-2. The Bertz CT molecular complexity index is 714. The van der Waals surface area contributed by atoms with Crippen LogP contribution in [0.1, 0.15) is 44.2 Å². The second-order valence-electron chi connectivity index (χ2n) is 8.65. The summed E-state index contributed by atoms with van der Waals surface area (Å²) in [7, 11) is 6.74. The SMILES string of the molecule is CCCN(CCC)c1ccc(/C=C/c2cc[n+](CCC[N+](C)(C)C)cc2)cc1.[Br-].[Br-]. The van der Waals surface area contributed by atoms with Crippen LogP contribution in [0, 0.1) is 0 Å². The first-order valence-corrected chi connectivity index (χ1v) is 10.7. The predicted octanol–water partition coefficient (Wildman–Crippen LogP) is -1.12. The maximum atomic E-state index is 2.47. The van der Waals surface area contributed by atoms with Crippen LogP contribution in [0.2, 0.25) is 0 Å². The van der Waals surface area contributed by atoms with E-state index in [0.717, 1.165) is 24.1 Å². The third-order valence-electron chi connectivity index (χ3n) is 4.88. The van der Waals surface area contributed by atoms with E-state index in [-0.39, 0.29) is 34.0 Å². The molecule has 0 N–H and O–H groups in total. The van der Waals surface area contributed by atoms with Crippen LogP contribution in [0.3, 0.4) is 0 Å². The van der Waals surface area contributed by atoms with Crippen LogP contribution in [0.4, 0.5) is 5.69 Å². The molecule has 1 aromatic heterocycles. The van der Waals surface area contributed by atoms with Gasteiger partial charge in [0.1, 0.15) is 0 Å². The number of aryl methyl sites for hydroxylation is 1. The Morgan fingerprint density at radius 1 is 0.800 bits per heavy atom. The van der Waals surface area contributed by atoms with Gasteiger partial charge >= 0.3 is 0 Å². The van der Waals surface area contributed by atoms with Gasteiger partial charge in [0.25, 0.3) is 0 Å². The molecule has 0 bridgehead atoms. The van der Waals surface area contributed by atoms with Crippen molar-refractivity contribution < 1.29 is 43.0 Å². The van der Waals surface area contributed by atoms with E-state index in [2.05, 4.69) is 105 Å². The van der Waals surface area contributed by atoms with E-state index < -0.39 is 0 Å². The molecule has 168 valence electrons. The molecule has 0 fully saturated rings. The van der Waals surface area contributed by atoms with Gasteiger partial charge in [0.05, 0.1) is 34.1 Å². The van der Waals surface area contributed by atoms with Crippen LogP contribution in [-0.4, -0.2) is 45.3 Å². The second-order valence-corrected chi connectivity index (χ2v) is 8.65. The molecule has 0 radical (unpaired) electrons. The highest BCUT2D eigenvalue weighted by atomic mass is 79.9. The molecule has 1 aromatic carbocycles. The average Bonchev–Trinajstić information content (AvgIpc) is 2.67. The van der Waals surface area contributed by atoms with E-state index >= 15 is 0 Å². The second kappa shape index (κ2) is 14.8. The van der Waals surface area contributed by atoms with Gasteiger partial charge in [0, 0.05) is 30.9 Å². The van der Waals surface area contributed by atoms with Crippen molar-refractivity contribution in [3.63, 3.8) is 0 Å². The lowest BCUT2D eigenvalue weighted by molar-refractivity contribution is -0.873. The molecule has 0 saturated carbocycles. The van der Waals surface area contributed by atoms with Crippen LogP contribution >= 0.6 is 0 Å². The molecule has 0 aliphatic rings. The number of nitrogens with zero attached hydrogens (tertiary/aromatic N) is 3. The summed E-state index contributed by atoms with van der Waals surface area (Å²) >= 11 is 0. The van der Waals surface area contributed by atoms with E-state index in [1.807, 2.05) is 0 Å². The monoisotopic (exact) mass is 539 g/mol.